The van der Waals surface area contributed by atoms with E-state index in [1.165, 1.54) is 5.56 Å². The summed E-state index contributed by atoms with van der Waals surface area (Å²) in [4.78, 5) is 5.92. The highest BCUT2D eigenvalue weighted by Crippen LogP contribution is 2.26. The van der Waals surface area contributed by atoms with Crippen molar-refractivity contribution < 1.29 is 8.42 Å². The summed E-state index contributed by atoms with van der Waals surface area (Å²) < 4.78 is 28.7. The smallest absolute Gasteiger partial charge is 0.261 e. The van der Waals surface area contributed by atoms with E-state index in [-0.39, 0.29) is 4.90 Å². The fourth-order valence-electron chi connectivity index (χ4n) is 3.94. The van der Waals surface area contributed by atoms with Crippen molar-refractivity contribution >= 4 is 26.6 Å². The summed E-state index contributed by atoms with van der Waals surface area (Å²) in [6, 6.07) is 22.5. The molecule has 0 amide bonds. The van der Waals surface area contributed by atoms with E-state index in [9.17, 15) is 8.42 Å². The highest BCUT2D eigenvalue weighted by molar-refractivity contribution is 7.92. The van der Waals surface area contributed by atoms with Crippen LogP contribution in [0.25, 0.3) is 22.0 Å². The lowest BCUT2D eigenvalue weighted by molar-refractivity contribution is 0.308. The number of nitrogens with one attached hydrogen (secondary N) is 2. The second kappa shape index (κ2) is 9.59. The third-order valence-electron chi connectivity index (χ3n) is 5.88. The first-order valence-electron chi connectivity index (χ1n) is 11.0. The van der Waals surface area contributed by atoms with Crippen molar-refractivity contribution in [3.05, 3.63) is 84.6 Å². The van der Waals surface area contributed by atoms with E-state index < -0.39 is 10.0 Å². The van der Waals surface area contributed by atoms with Crippen LogP contribution in [0.3, 0.4) is 0 Å². The van der Waals surface area contributed by atoms with Gasteiger partial charge < -0.3 is 9.88 Å². The van der Waals surface area contributed by atoms with Gasteiger partial charge in [0.25, 0.3) is 10.0 Å². The first-order valence-corrected chi connectivity index (χ1v) is 12.5. The Morgan fingerprint density at radius 2 is 1.56 bits per heavy atom. The Kier molecular flexibility index (Phi) is 6.63. The number of anilines is 1. The number of likely N-dealkylation sites (N-methyl/N-ethyl adjacent to an activating group) is 1. The van der Waals surface area contributed by atoms with E-state index in [0.29, 0.717) is 5.69 Å². The summed E-state index contributed by atoms with van der Waals surface area (Å²) >= 11 is 0. The number of rotatable bonds is 9. The number of benzene rings is 3. The molecule has 5 nitrogen and oxygen atoms in total. The predicted octanol–water partition coefficient (Wildman–Crippen LogP) is 5.52. The predicted molar refractivity (Wildman–Crippen MR) is 132 cm³/mol. The van der Waals surface area contributed by atoms with Crippen LogP contribution in [0.4, 0.5) is 5.69 Å². The Morgan fingerprint density at radius 3 is 2.25 bits per heavy atom. The molecule has 1 heterocycles. The molecule has 0 saturated heterocycles. The van der Waals surface area contributed by atoms with Crippen molar-refractivity contribution in [2.45, 2.75) is 25.2 Å². The number of aromatic amines is 1. The number of H-pyrrole nitrogens is 1. The van der Waals surface area contributed by atoms with Crippen molar-refractivity contribution in [1.82, 2.24) is 9.88 Å². The average Bonchev–Trinajstić information content (AvgIpc) is 3.22. The number of hydrogen-bond acceptors (Lipinski definition) is 3. The number of aromatic nitrogens is 1. The van der Waals surface area contributed by atoms with Crippen molar-refractivity contribution in [3.63, 3.8) is 0 Å². The standard InChI is InChI=1S/C26H29N3O2S/c1-3-29(4-2)17-16-22-19-27-26-15-12-23(18-25(22)26)28-32(30,31)24-13-10-21(11-14-24)20-8-6-5-7-9-20/h5-15,18-19,27-28H,3-4,16-17H2,1-2H3. The van der Waals surface area contributed by atoms with Crippen LogP contribution in [-0.4, -0.2) is 37.9 Å². The van der Waals surface area contributed by atoms with Crippen molar-refractivity contribution in [3.8, 4) is 11.1 Å². The highest BCUT2D eigenvalue weighted by atomic mass is 32.2. The molecule has 1 aromatic heterocycles. The van der Waals surface area contributed by atoms with Gasteiger partial charge in [-0.3, -0.25) is 4.72 Å². The van der Waals surface area contributed by atoms with Crippen LogP contribution in [-0.2, 0) is 16.4 Å². The molecule has 6 heteroatoms. The lowest BCUT2D eigenvalue weighted by Crippen LogP contribution is -2.25. The number of sulfonamides is 1. The molecule has 0 radical (unpaired) electrons. The second-order valence-corrected chi connectivity index (χ2v) is 9.53. The molecule has 0 bridgehead atoms. The molecule has 3 aromatic carbocycles. The fourth-order valence-corrected chi connectivity index (χ4v) is 4.99. The molecule has 4 rings (SSSR count). The fraction of sp³-hybridized carbons (Fsp3) is 0.231. The summed E-state index contributed by atoms with van der Waals surface area (Å²) in [5.74, 6) is 0. The molecule has 4 aromatic rings. The van der Waals surface area contributed by atoms with Gasteiger partial charge in [0.05, 0.1) is 4.90 Å². The van der Waals surface area contributed by atoms with Crippen molar-refractivity contribution in [2.75, 3.05) is 24.4 Å². The molecule has 0 spiro atoms. The summed E-state index contributed by atoms with van der Waals surface area (Å²) in [6.07, 6.45) is 2.94. The molecule has 32 heavy (non-hydrogen) atoms. The number of hydrogen-bond donors (Lipinski definition) is 2. The Labute approximate surface area is 190 Å². The van der Waals surface area contributed by atoms with Gasteiger partial charge in [-0.05, 0) is 66.5 Å². The molecule has 0 atom stereocenters. The van der Waals surface area contributed by atoms with E-state index in [4.69, 9.17) is 0 Å². The van der Waals surface area contributed by atoms with E-state index in [1.54, 1.807) is 18.2 Å². The second-order valence-electron chi connectivity index (χ2n) is 7.85. The minimum Gasteiger partial charge on any atom is -0.361 e. The largest absolute Gasteiger partial charge is 0.361 e. The van der Waals surface area contributed by atoms with Gasteiger partial charge in [-0.1, -0.05) is 56.3 Å². The third-order valence-corrected chi connectivity index (χ3v) is 7.28. The van der Waals surface area contributed by atoms with Crippen LogP contribution in [0.15, 0.2) is 83.9 Å². The summed E-state index contributed by atoms with van der Waals surface area (Å²) in [5.41, 5.74) is 4.80. The highest BCUT2D eigenvalue weighted by Gasteiger charge is 2.15. The summed E-state index contributed by atoms with van der Waals surface area (Å²) in [6.45, 7) is 7.35. The molecule has 0 aliphatic carbocycles. The first kappa shape index (κ1) is 22.1. The van der Waals surface area contributed by atoms with Crippen LogP contribution in [0, 0.1) is 0 Å². The zero-order valence-corrected chi connectivity index (χ0v) is 19.3. The van der Waals surface area contributed by atoms with Crippen LogP contribution >= 0.6 is 0 Å². The Hall–Kier alpha value is -3.09. The van der Waals surface area contributed by atoms with Gasteiger partial charge in [0.15, 0.2) is 0 Å². The van der Waals surface area contributed by atoms with Gasteiger partial charge in [0.2, 0.25) is 0 Å². The maximum atomic E-state index is 13.0. The maximum Gasteiger partial charge on any atom is 0.261 e. The zero-order valence-electron chi connectivity index (χ0n) is 18.5. The van der Waals surface area contributed by atoms with E-state index in [1.807, 2.05) is 60.8 Å². The maximum absolute atomic E-state index is 13.0. The van der Waals surface area contributed by atoms with Crippen LogP contribution < -0.4 is 4.72 Å². The van der Waals surface area contributed by atoms with Crippen molar-refractivity contribution in [2.24, 2.45) is 0 Å². The quantitative estimate of drug-likeness (QED) is 0.355. The Balaban J connectivity index is 1.53. The molecule has 0 aliphatic rings. The van der Waals surface area contributed by atoms with E-state index in [0.717, 1.165) is 48.1 Å². The topological polar surface area (TPSA) is 65.2 Å². The third kappa shape index (κ3) is 4.87. The zero-order chi connectivity index (χ0) is 22.6. The minimum atomic E-state index is -3.68. The monoisotopic (exact) mass is 447 g/mol. The number of nitrogens with zero attached hydrogens (tertiary/aromatic N) is 1. The lowest BCUT2D eigenvalue weighted by Gasteiger charge is -2.17. The first-order chi connectivity index (χ1) is 15.5. The van der Waals surface area contributed by atoms with Crippen LogP contribution in [0.1, 0.15) is 19.4 Å². The minimum absolute atomic E-state index is 0.244. The van der Waals surface area contributed by atoms with Crippen LogP contribution in [0.2, 0.25) is 0 Å². The molecule has 0 saturated carbocycles. The molecular weight excluding hydrogens is 418 g/mol. The SMILES string of the molecule is CCN(CC)CCc1c[nH]c2ccc(NS(=O)(=O)c3ccc(-c4ccccc4)cc3)cc12. The Bertz CT molecular complexity index is 1280. The van der Waals surface area contributed by atoms with Gasteiger partial charge >= 0.3 is 0 Å². The molecular formula is C26H29N3O2S. The molecule has 166 valence electrons. The molecule has 2 N–H and O–H groups in total. The van der Waals surface area contributed by atoms with Crippen LogP contribution in [0.5, 0.6) is 0 Å². The van der Waals surface area contributed by atoms with Gasteiger partial charge in [0.1, 0.15) is 0 Å². The molecule has 0 fully saturated rings. The van der Waals surface area contributed by atoms with Gasteiger partial charge in [-0.25, -0.2) is 8.42 Å². The van der Waals surface area contributed by atoms with E-state index in [2.05, 4.69) is 28.5 Å². The number of fused-ring (bicyclic) bond motifs is 1. The summed E-state index contributed by atoms with van der Waals surface area (Å²) in [5, 5.41) is 1.05. The summed E-state index contributed by atoms with van der Waals surface area (Å²) in [7, 11) is -3.68. The normalized spacial score (nSPS) is 11.8. The van der Waals surface area contributed by atoms with Gasteiger partial charge in [0, 0.05) is 29.3 Å². The van der Waals surface area contributed by atoms with Gasteiger partial charge in [-0.15, -0.1) is 0 Å². The van der Waals surface area contributed by atoms with Gasteiger partial charge in [-0.2, -0.15) is 0 Å². The average molecular weight is 448 g/mol. The molecule has 0 unspecified atom stereocenters. The van der Waals surface area contributed by atoms with Crippen molar-refractivity contribution in [1.29, 1.82) is 0 Å². The molecule has 0 aliphatic heterocycles. The lowest BCUT2D eigenvalue weighted by atomic mass is 10.1. The Morgan fingerprint density at radius 1 is 0.875 bits per heavy atom. The van der Waals surface area contributed by atoms with E-state index >= 15 is 0 Å².